The molecule has 1 aliphatic heterocycles. The SMILES string of the molecule is Cn1c(=O)oc2cc(NCCC3CCCN3)ccc21. The summed E-state index contributed by atoms with van der Waals surface area (Å²) in [5.41, 5.74) is 2.46. The van der Waals surface area contributed by atoms with E-state index in [1.54, 1.807) is 7.05 Å². The molecule has 0 spiro atoms. The van der Waals surface area contributed by atoms with Crippen molar-refractivity contribution in [3.05, 3.63) is 28.7 Å². The van der Waals surface area contributed by atoms with E-state index in [4.69, 9.17) is 4.42 Å². The first-order valence-corrected chi connectivity index (χ1v) is 6.81. The first kappa shape index (κ1) is 12.3. The first-order chi connectivity index (χ1) is 9.24. The molecule has 1 aromatic heterocycles. The molecule has 0 amide bonds. The van der Waals surface area contributed by atoms with Crippen LogP contribution in [0.5, 0.6) is 0 Å². The maximum absolute atomic E-state index is 11.4. The lowest BCUT2D eigenvalue weighted by Gasteiger charge is -2.11. The highest BCUT2D eigenvalue weighted by Gasteiger charge is 2.13. The molecular weight excluding hydrogens is 242 g/mol. The predicted octanol–water partition coefficient (Wildman–Crippen LogP) is 1.69. The van der Waals surface area contributed by atoms with E-state index in [1.807, 2.05) is 18.2 Å². The van der Waals surface area contributed by atoms with Gasteiger partial charge in [-0.1, -0.05) is 0 Å². The van der Waals surface area contributed by atoms with Gasteiger partial charge in [-0.05, 0) is 37.9 Å². The monoisotopic (exact) mass is 261 g/mol. The number of benzene rings is 1. The quantitative estimate of drug-likeness (QED) is 0.879. The number of aryl methyl sites for hydroxylation is 1. The average Bonchev–Trinajstić information content (AvgIpc) is 3.00. The Balaban J connectivity index is 1.66. The van der Waals surface area contributed by atoms with Crippen LogP contribution in [-0.2, 0) is 7.05 Å². The van der Waals surface area contributed by atoms with Gasteiger partial charge in [0.05, 0.1) is 5.52 Å². The molecule has 1 aromatic carbocycles. The molecule has 102 valence electrons. The lowest BCUT2D eigenvalue weighted by atomic mass is 10.1. The van der Waals surface area contributed by atoms with Crippen LogP contribution in [0.15, 0.2) is 27.4 Å². The van der Waals surface area contributed by atoms with Gasteiger partial charge in [0, 0.05) is 31.4 Å². The van der Waals surface area contributed by atoms with Gasteiger partial charge in [0.1, 0.15) is 0 Å². The van der Waals surface area contributed by atoms with Gasteiger partial charge in [0.15, 0.2) is 5.58 Å². The van der Waals surface area contributed by atoms with Gasteiger partial charge in [0.25, 0.3) is 0 Å². The van der Waals surface area contributed by atoms with E-state index >= 15 is 0 Å². The third kappa shape index (κ3) is 2.51. The summed E-state index contributed by atoms with van der Waals surface area (Å²) < 4.78 is 6.69. The first-order valence-electron chi connectivity index (χ1n) is 6.81. The molecule has 1 atom stereocenters. The number of aromatic nitrogens is 1. The third-order valence-electron chi connectivity index (χ3n) is 3.78. The van der Waals surface area contributed by atoms with Gasteiger partial charge in [0.2, 0.25) is 0 Å². The van der Waals surface area contributed by atoms with E-state index in [9.17, 15) is 4.79 Å². The van der Waals surface area contributed by atoms with Gasteiger partial charge < -0.3 is 15.1 Å². The molecule has 3 rings (SSSR count). The molecule has 1 aliphatic rings. The van der Waals surface area contributed by atoms with Gasteiger partial charge in [-0.25, -0.2) is 4.79 Å². The smallest absolute Gasteiger partial charge is 0.408 e. The summed E-state index contributed by atoms with van der Waals surface area (Å²) in [5, 5.41) is 6.86. The van der Waals surface area contributed by atoms with Crippen molar-refractivity contribution < 1.29 is 4.42 Å². The molecule has 2 N–H and O–H groups in total. The fourth-order valence-corrected chi connectivity index (χ4v) is 2.64. The Morgan fingerprint density at radius 2 is 2.42 bits per heavy atom. The number of nitrogens with zero attached hydrogens (tertiary/aromatic N) is 1. The molecule has 19 heavy (non-hydrogen) atoms. The highest BCUT2D eigenvalue weighted by molar-refractivity contribution is 5.77. The Bertz CT molecular complexity index is 623. The fraction of sp³-hybridized carbons (Fsp3) is 0.500. The van der Waals surface area contributed by atoms with Crippen molar-refractivity contribution in [1.82, 2.24) is 9.88 Å². The molecule has 2 aromatic rings. The van der Waals surface area contributed by atoms with Crippen LogP contribution in [0.25, 0.3) is 11.1 Å². The minimum Gasteiger partial charge on any atom is -0.408 e. The highest BCUT2D eigenvalue weighted by Crippen LogP contribution is 2.18. The van der Waals surface area contributed by atoms with Gasteiger partial charge in [-0.3, -0.25) is 4.57 Å². The molecular formula is C14H19N3O2. The van der Waals surface area contributed by atoms with E-state index in [0.29, 0.717) is 11.6 Å². The number of anilines is 1. The zero-order chi connectivity index (χ0) is 13.2. The number of nitrogens with one attached hydrogen (secondary N) is 2. The lowest BCUT2D eigenvalue weighted by molar-refractivity contribution is 0.528. The van der Waals surface area contributed by atoms with E-state index in [2.05, 4.69) is 10.6 Å². The number of oxazole rings is 1. The van der Waals surface area contributed by atoms with E-state index in [-0.39, 0.29) is 5.76 Å². The molecule has 2 heterocycles. The summed E-state index contributed by atoms with van der Waals surface area (Å²) in [5.74, 6) is -0.317. The average molecular weight is 261 g/mol. The van der Waals surface area contributed by atoms with Crippen LogP contribution < -0.4 is 16.4 Å². The summed E-state index contributed by atoms with van der Waals surface area (Å²) in [7, 11) is 1.72. The number of hydrogen-bond acceptors (Lipinski definition) is 4. The van der Waals surface area contributed by atoms with Crippen LogP contribution >= 0.6 is 0 Å². The minimum absolute atomic E-state index is 0.317. The van der Waals surface area contributed by atoms with Crippen molar-refractivity contribution in [2.75, 3.05) is 18.4 Å². The maximum Gasteiger partial charge on any atom is 0.419 e. The van der Waals surface area contributed by atoms with E-state index in [1.165, 1.54) is 17.4 Å². The molecule has 5 nitrogen and oxygen atoms in total. The van der Waals surface area contributed by atoms with Crippen LogP contribution in [0.3, 0.4) is 0 Å². The predicted molar refractivity (Wildman–Crippen MR) is 75.6 cm³/mol. The maximum atomic E-state index is 11.4. The topological polar surface area (TPSA) is 59.2 Å². The Morgan fingerprint density at radius 1 is 1.53 bits per heavy atom. The van der Waals surface area contributed by atoms with Crippen molar-refractivity contribution in [2.24, 2.45) is 7.05 Å². The summed E-state index contributed by atoms with van der Waals surface area (Å²) in [6, 6.07) is 6.43. The van der Waals surface area contributed by atoms with Crippen molar-refractivity contribution in [2.45, 2.75) is 25.3 Å². The van der Waals surface area contributed by atoms with Crippen molar-refractivity contribution >= 4 is 16.8 Å². The van der Waals surface area contributed by atoms with E-state index < -0.39 is 0 Å². The Labute approximate surface area is 111 Å². The van der Waals surface area contributed by atoms with Crippen LogP contribution in [0.1, 0.15) is 19.3 Å². The lowest BCUT2D eigenvalue weighted by Crippen LogP contribution is -2.24. The highest BCUT2D eigenvalue weighted by atomic mass is 16.4. The second kappa shape index (κ2) is 5.09. The Hall–Kier alpha value is -1.75. The largest absolute Gasteiger partial charge is 0.419 e. The molecule has 0 radical (unpaired) electrons. The summed E-state index contributed by atoms with van der Waals surface area (Å²) >= 11 is 0. The number of fused-ring (bicyclic) bond motifs is 1. The van der Waals surface area contributed by atoms with E-state index in [0.717, 1.165) is 30.7 Å². The summed E-state index contributed by atoms with van der Waals surface area (Å²) in [4.78, 5) is 11.4. The second-order valence-electron chi connectivity index (χ2n) is 5.12. The fourth-order valence-electron chi connectivity index (χ4n) is 2.64. The van der Waals surface area contributed by atoms with Crippen molar-refractivity contribution in [3.8, 4) is 0 Å². The number of hydrogen-bond donors (Lipinski definition) is 2. The van der Waals surface area contributed by atoms with Crippen LogP contribution in [-0.4, -0.2) is 23.7 Å². The third-order valence-corrected chi connectivity index (χ3v) is 3.78. The van der Waals surface area contributed by atoms with Crippen LogP contribution in [0, 0.1) is 0 Å². The Morgan fingerprint density at radius 3 is 3.21 bits per heavy atom. The molecule has 1 fully saturated rings. The zero-order valence-corrected chi connectivity index (χ0v) is 11.1. The molecule has 5 heteroatoms. The van der Waals surface area contributed by atoms with Crippen molar-refractivity contribution in [3.63, 3.8) is 0 Å². The standard InChI is InChI=1S/C14H19N3O2/c1-17-12-5-4-11(9-13(12)19-14(17)18)16-8-6-10-3-2-7-15-10/h4-5,9-10,15-16H,2-3,6-8H2,1H3. The summed E-state index contributed by atoms with van der Waals surface area (Å²) in [6.07, 6.45) is 3.68. The van der Waals surface area contributed by atoms with Crippen molar-refractivity contribution in [1.29, 1.82) is 0 Å². The van der Waals surface area contributed by atoms with Gasteiger partial charge >= 0.3 is 5.76 Å². The molecule has 1 saturated heterocycles. The zero-order valence-electron chi connectivity index (χ0n) is 11.1. The van der Waals surface area contributed by atoms with Gasteiger partial charge in [-0.2, -0.15) is 0 Å². The second-order valence-corrected chi connectivity index (χ2v) is 5.12. The molecule has 0 bridgehead atoms. The number of rotatable bonds is 4. The van der Waals surface area contributed by atoms with Crippen LogP contribution in [0.2, 0.25) is 0 Å². The van der Waals surface area contributed by atoms with Gasteiger partial charge in [-0.15, -0.1) is 0 Å². The summed E-state index contributed by atoms with van der Waals surface area (Å²) in [6.45, 7) is 2.08. The van der Waals surface area contributed by atoms with Crippen LogP contribution in [0.4, 0.5) is 5.69 Å². The minimum atomic E-state index is -0.317. The molecule has 1 unspecified atom stereocenters. The Kier molecular flexibility index (Phi) is 3.29. The molecule has 0 saturated carbocycles. The normalized spacial score (nSPS) is 19.1. The molecule has 0 aliphatic carbocycles.